The fourth-order valence-corrected chi connectivity index (χ4v) is 7.48. The number of nitrogens with zero attached hydrogens (tertiary/aromatic N) is 2. The summed E-state index contributed by atoms with van der Waals surface area (Å²) in [6.45, 7) is 13.3. The Bertz CT molecular complexity index is 2390. The van der Waals surface area contributed by atoms with Gasteiger partial charge in [0, 0.05) is 34.1 Å². The molecule has 0 atom stereocenters. The second-order valence-electron chi connectivity index (χ2n) is 16.0. The molecule has 0 saturated carbocycles. The minimum atomic E-state index is 0.475. The van der Waals surface area contributed by atoms with E-state index in [1.807, 2.05) is 24.3 Å². The highest BCUT2D eigenvalue weighted by Gasteiger charge is 2.16. The van der Waals surface area contributed by atoms with E-state index in [0.29, 0.717) is 11.8 Å². The van der Waals surface area contributed by atoms with Gasteiger partial charge in [0.05, 0.1) is 14.2 Å². The third-order valence-corrected chi connectivity index (χ3v) is 11.1. The standard InChI is InChI=1S/C56H56N2O2/c1-39(2)45-16-22-49(23-17-45)57(51-28-32-55(59-7)33-29-51)53-26-20-47(41(5)36-53)14-12-43-10-9-11-44(38-43)13-15-48-21-27-54(37-42(48)6)58(52-30-34-56(60-8)35-31-52)50-24-18-46(19-25-50)40(3)4/h9-40H,1-8H3/b14-12+,15-13+. The Labute approximate surface area is 357 Å². The highest BCUT2D eigenvalue weighted by molar-refractivity contribution is 5.82. The Morgan fingerprint density at radius 3 is 1.03 bits per heavy atom. The van der Waals surface area contributed by atoms with E-state index in [2.05, 4.69) is 209 Å². The number of anilines is 6. The van der Waals surface area contributed by atoms with Gasteiger partial charge in [-0.15, -0.1) is 0 Å². The summed E-state index contributed by atoms with van der Waals surface area (Å²) in [6.07, 6.45) is 8.83. The van der Waals surface area contributed by atoms with E-state index in [-0.39, 0.29) is 0 Å². The van der Waals surface area contributed by atoms with Gasteiger partial charge in [-0.25, -0.2) is 0 Å². The van der Waals surface area contributed by atoms with Crippen LogP contribution in [0, 0.1) is 13.8 Å². The van der Waals surface area contributed by atoms with Crippen LogP contribution in [0.5, 0.6) is 11.5 Å². The summed E-state index contributed by atoms with van der Waals surface area (Å²) < 4.78 is 10.9. The van der Waals surface area contributed by atoms with Gasteiger partial charge < -0.3 is 19.3 Å². The van der Waals surface area contributed by atoms with Gasteiger partial charge in [0.2, 0.25) is 0 Å². The van der Waals surface area contributed by atoms with Gasteiger partial charge in [0.15, 0.2) is 0 Å². The average molecular weight is 789 g/mol. The molecule has 0 saturated heterocycles. The summed E-state index contributed by atoms with van der Waals surface area (Å²) in [7, 11) is 3.40. The molecular weight excluding hydrogens is 733 g/mol. The molecule has 0 radical (unpaired) electrons. The van der Waals surface area contributed by atoms with Gasteiger partial charge in [-0.1, -0.05) is 107 Å². The van der Waals surface area contributed by atoms with Gasteiger partial charge >= 0.3 is 0 Å². The first kappa shape index (κ1) is 41.4. The molecule has 0 heterocycles. The maximum Gasteiger partial charge on any atom is 0.119 e. The molecule has 0 aromatic heterocycles. The fraction of sp³-hybridized carbons (Fsp3) is 0.179. The average Bonchev–Trinajstić information content (AvgIpc) is 3.27. The third-order valence-electron chi connectivity index (χ3n) is 11.1. The Hall–Kier alpha value is -6.78. The molecule has 7 aromatic carbocycles. The van der Waals surface area contributed by atoms with Crippen molar-refractivity contribution >= 4 is 58.4 Å². The van der Waals surface area contributed by atoms with Crippen molar-refractivity contribution in [2.75, 3.05) is 24.0 Å². The van der Waals surface area contributed by atoms with Crippen LogP contribution in [0.15, 0.2) is 158 Å². The van der Waals surface area contributed by atoms with Crippen molar-refractivity contribution in [1.82, 2.24) is 0 Å². The molecule has 0 fully saturated rings. The quantitative estimate of drug-likeness (QED) is 0.103. The van der Waals surface area contributed by atoms with Gasteiger partial charge in [-0.3, -0.25) is 0 Å². The molecular formula is C56H56N2O2. The predicted molar refractivity (Wildman–Crippen MR) is 257 cm³/mol. The summed E-state index contributed by atoms with van der Waals surface area (Å²) in [5, 5.41) is 0. The largest absolute Gasteiger partial charge is 0.497 e. The minimum absolute atomic E-state index is 0.475. The van der Waals surface area contributed by atoms with Crippen LogP contribution < -0.4 is 19.3 Å². The summed E-state index contributed by atoms with van der Waals surface area (Å²) >= 11 is 0. The Kier molecular flexibility index (Phi) is 13.0. The monoisotopic (exact) mass is 788 g/mol. The van der Waals surface area contributed by atoms with E-state index in [0.717, 1.165) is 56.8 Å². The number of rotatable bonds is 14. The van der Waals surface area contributed by atoms with Gasteiger partial charge in [-0.05, 0) is 173 Å². The molecule has 0 amide bonds. The normalized spacial score (nSPS) is 11.5. The van der Waals surface area contributed by atoms with Crippen LogP contribution in [0.4, 0.5) is 34.1 Å². The summed E-state index contributed by atoms with van der Waals surface area (Å²) in [5.41, 5.74) is 16.3. The highest BCUT2D eigenvalue weighted by atomic mass is 16.5. The molecule has 0 aliphatic carbocycles. The lowest BCUT2D eigenvalue weighted by Crippen LogP contribution is -2.10. The molecule has 0 N–H and O–H groups in total. The minimum Gasteiger partial charge on any atom is -0.497 e. The van der Waals surface area contributed by atoms with Crippen LogP contribution in [0.2, 0.25) is 0 Å². The number of hydrogen-bond donors (Lipinski definition) is 0. The Morgan fingerprint density at radius 1 is 0.383 bits per heavy atom. The summed E-state index contributed by atoms with van der Waals surface area (Å²) in [5.74, 6) is 2.63. The smallest absolute Gasteiger partial charge is 0.119 e. The van der Waals surface area contributed by atoms with Crippen molar-refractivity contribution in [2.24, 2.45) is 0 Å². The number of aryl methyl sites for hydroxylation is 2. The molecule has 0 bridgehead atoms. The fourth-order valence-electron chi connectivity index (χ4n) is 7.48. The first-order valence-corrected chi connectivity index (χ1v) is 20.9. The van der Waals surface area contributed by atoms with E-state index in [4.69, 9.17) is 9.47 Å². The molecule has 4 nitrogen and oxygen atoms in total. The molecule has 7 aromatic rings. The van der Waals surface area contributed by atoms with Crippen molar-refractivity contribution in [1.29, 1.82) is 0 Å². The van der Waals surface area contributed by atoms with Crippen molar-refractivity contribution in [3.05, 3.63) is 202 Å². The predicted octanol–water partition coefficient (Wildman–Crippen LogP) is 15.8. The van der Waals surface area contributed by atoms with E-state index < -0.39 is 0 Å². The second kappa shape index (κ2) is 18.9. The van der Waals surface area contributed by atoms with Crippen LogP contribution in [-0.4, -0.2) is 14.2 Å². The molecule has 0 spiro atoms. The van der Waals surface area contributed by atoms with Crippen LogP contribution in [0.1, 0.15) is 84.0 Å². The first-order valence-electron chi connectivity index (χ1n) is 20.9. The van der Waals surface area contributed by atoms with Crippen LogP contribution in [0.25, 0.3) is 24.3 Å². The number of hydrogen-bond acceptors (Lipinski definition) is 4. The lowest BCUT2D eigenvalue weighted by molar-refractivity contribution is 0.414. The van der Waals surface area contributed by atoms with Crippen LogP contribution in [-0.2, 0) is 0 Å². The zero-order valence-corrected chi connectivity index (χ0v) is 36.2. The van der Waals surface area contributed by atoms with Gasteiger partial charge in [0.1, 0.15) is 11.5 Å². The highest BCUT2D eigenvalue weighted by Crippen LogP contribution is 2.39. The Balaban J connectivity index is 1.10. The van der Waals surface area contributed by atoms with E-state index in [9.17, 15) is 0 Å². The van der Waals surface area contributed by atoms with Crippen LogP contribution in [0.3, 0.4) is 0 Å². The van der Waals surface area contributed by atoms with Crippen LogP contribution >= 0.6 is 0 Å². The number of methoxy groups -OCH3 is 2. The first-order chi connectivity index (χ1) is 29.1. The molecule has 0 aliphatic heterocycles. The number of ether oxygens (including phenoxy) is 2. The zero-order chi connectivity index (χ0) is 42.2. The molecule has 0 aliphatic rings. The number of benzene rings is 7. The SMILES string of the molecule is COc1ccc(N(c2ccc(C(C)C)cc2)c2ccc(/C=C/c3cccc(/C=C/c4ccc(N(c5ccc(OC)cc5)c5ccc(C(C)C)cc5)cc4C)c3)c(C)c2)cc1. The van der Waals surface area contributed by atoms with E-state index in [1.165, 1.54) is 33.4 Å². The van der Waals surface area contributed by atoms with E-state index in [1.54, 1.807) is 14.2 Å². The lowest BCUT2D eigenvalue weighted by atomic mass is 10.0. The second-order valence-corrected chi connectivity index (χ2v) is 16.0. The Morgan fingerprint density at radius 2 is 0.717 bits per heavy atom. The maximum absolute atomic E-state index is 5.46. The lowest BCUT2D eigenvalue weighted by Gasteiger charge is -2.26. The van der Waals surface area contributed by atoms with E-state index >= 15 is 0 Å². The third kappa shape index (κ3) is 9.73. The molecule has 0 unspecified atom stereocenters. The maximum atomic E-state index is 5.46. The van der Waals surface area contributed by atoms with Crippen molar-refractivity contribution < 1.29 is 9.47 Å². The summed E-state index contributed by atoms with van der Waals surface area (Å²) in [4.78, 5) is 4.61. The van der Waals surface area contributed by atoms with Gasteiger partial charge in [0.25, 0.3) is 0 Å². The molecule has 60 heavy (non-hydrogen) atoms. The molecule has 7 rings (SSSR count). The van der Waals surface area contributed by atoms with Crippen molar-refractivity contribution in [2.45, 2.75) is 53.4 Å². The molecule has 4 heteroatoms. The van der Waals surface area contributed by atoms with Gasteiger partial charge in [-0.2, -0.15) is 0 Å². The summed E-state index contributed by atoms with van der Waals surface area (Å²) in [6, 6.07) is 56.3. The topological polar surface area (TPSA) is 24.9 Å². The van der Waals surface area contributed by atoms with Crippen molar-refractivity contribution in [3.8, 4) is 11.5 Å². The zero-order valence-electron chi connectivity index (χ0n) is 36.2. The van der Waals surface area contributed by atoms with Crippen molar-refractivity contribution in [3.63, 3.8) is 0 Å². The molecule has 302 valence electrons.